The maximum atomic E-state index is 13.0. The molecule has 5 heteroatoms. The minimum atomic E-state index is -0.949. The second-order valence-corrected chi connectivity index (χ2v) is 4.88. The first-order valence-electron chi connectivity index (χ1n) is 5.83. The number of nitrogens with one attached hydrogen (secondary N) is 1. The lowest BCUT2D eigenvalue weighted by molar-refractivity contribution is 0.108. The molecule has 0 amide bonds. The van der Waals surface area contributed by atoms with Crippen molar-refractivity contribution in [2.45, 2.75) is 32.4 Å². The SMILES string of the molecule is CC(C)NC(C)(CO)COc1ccc(F)c(F)c1. The normalized spacial score (nSPS) is 14.6. The highest BCUT2D eigenvalue weighted by Gasteiger charge is 2.25. The van der Waals surface area contributed by atoms with Crippen molar-refractivity contribution in [1.29, 1.82) is 0 Å². The van der Waals surface area contributed by atoms with Crippen LogP contribution in [0.4, 0.5) is 8.78 Å². The van der Waals surface area contributed by atoms with E-state index in [2.05, 4.69) is 5.32 Å². The Morgan fingerprint density at radius 1 is 1.33 bits per heavy atom. The molecule has 0 aromatic heterocycles. The summed E-state index contributed by atoms with van der Waals surface area (Å²) in [4.78, 5) is 0. The summed E-state index contributed by atoms with van der Waals surface area (Å²) < 4.78 is 31.1. The summed E-state index contributed by atoms with van der Waals surface area (Å²) in [7, 11) is 0. The zero-order valence-corrected chi connectivity index (χ0v) is 10.8. The molecule has 0 saturated heterocycles. The molecule has 2 N–H and O–H groups in total. The van der Waals surface area contributed by atoms with E-state index < -0.39 is 17.2 Å². The van der Waals surface area contributed by atoms with Crippen LogP contribution in [0.3, 0.4) is 0 Å². The van der Waals surface area contributed by atoms with Crippen LogP contribution < -0.4 is 10.1 Å². The van der Waals surface area contributed by atoms with Crippen LogP contribution >= 0.6 is 0 Å². The van der Waals surface area contributed by atoms with Gasteiger partial charge in [0.05, 0.1) is 12.1 Å². The van der Waals surface area contributed by atoms with Crippen LogP contribution in [0.1, 0.15) is 20.8 Å². The summed E-state index contributed by atoms with van der Waals surface area (Å²) in [6.07, 6.45) is 0. The number of benzene rings is 1. The smallest absolute Gasteiger partial charge is 0.162 e. The molecule has 0 spiro atoms. The molecule has 0 aliphatic carbocycles. The molecule has 1 unspecified atom stereocenters. The van der Waals surface area contributed by atoms with Crippen LogP contribution in [-0.2, 0) is 0 Å². The molecule has 0 heterocycles. The van der Waals surface area contributed by atoms with Crippen molar-refractivity contribution in [3.63, 3.8) is 0 Å². The number of aliphatic hydroxyl groups is 1. The standard InChI is InChI=1S/C13H19F2NO2/c1-9(2)16-13(3,7-17)8-18-10-4-5-11(14)12(15)6-10/h4-6,9,16-17H,7-8H2,1-3H3. The number of rotatable bonds is 6. The van der Waals surface area contributed by atoms with Gasteiger partial charge in [-0.1, -0.05) is 13.8 Å². The molecule has 0 bridgehead atoms. The summed E-state index contributed by atoms with van der Waals surface area (Å²) in [5, 5.41) is 12.5. The van der Waals surface area contributed by atoms with E-state index in [1.54, 1.807) is 6.92 Å². The van der Waals surface area contributed by atoms with Crippen LogP contribution in [0.5, 0.6) is 5.75 Å². The molecule has 1 aromatic carbocycles. The fourth-order valence-corrected chi connectivity index (χ4v) is 1.64. The van der Waals surface area contributed by atoms with Crippen molar-refractivity contribution in [1.82, 2.24) is 5.32 Å². The van der Waals surface area contributed by atoms with Gasteiger partial charge in [0.15, 0.2) is 11.6 Å². The van der Waals surface area contributed by atoms with E-state index in [4.69, 9.17) is 4.74 Å². The molecule has 0 aliphatic rings. The molecule has 1 aromatic rings. The molecule has 0 aliphatic heterocycles. The first-order chi connectivity index (χ1) is 8.36. The number of hydrogen-bond acceptors (Lipinski definition) is 3. The van der Waals surface area contributed by atoms with E-state index in [0.29, 0.717) is 0 Å². The monoisotopic (exact) mass is 259 g/mol. The van der Waals surface area contributed by atoms with Gasteiger partial charge in [-0.3, -0.25) is 0 Å². The van der Waals surface area contributed by atoms with E-state index in [9.17, 15) is 13.9 Å². The average Bonchev–Trinajstić information content (AvgIpc) is 2.30. The summed E-state index contributed by atoms with van der Waals surface area (Å²) in [6.45, 7) is 5.74. The first-order valence-corrected chi connectivity index (χ1v) is 5.83. The number of ether oxygens (including phenoxy) is 1. The van der Waals surface area contributed by atoms with Crippen molar-refractivity contribution in [2.24, 2.45) is 0 Å². The van der Waals surface area contributed by atoms with E-state index in [0.717, 1.165) is 12.1 Å². The molecule has 0 radical (unpaired) electrons. The van der Waals surface area contributed by atoms with Crippen LogP contribution in [0, 0.1) is 11.6 Å². The summed E-state index contributed by atoms with van der Waals surface area (Å²) in [5.41, 5.74) is -0.626. The molecule has 0 saturated carbocycles. The number of aliphatic hydroxyl groups excluding tert-OH is 1. The predicted octanol–water partition coefficient (Wildman–Crippen LogP) is 2.09. The molecule has 3 nitrogen and oxygen atoms in total. The van der Waals surface area contributed by atoms with Gasteiger partial charge in [-0.25, -0.2) is 8.78 Å². The van der Waals surface area contributed by atoms with Gasteiger partial charge in [0.25, 0.3) is 0 Å². The lowest BCUT2D eigenvalue weighted by atomic mass is 10.0. The zero-order chi connectivity index (χ0) is 13.8. The predicted molar refractivity (Wildman–Crippen MR) is 65.6 cm³/mol. The highest BCUT2D eigenvalue weighted by molar-refractivity contribution is 5.23. The first kappa shape index (κ1) is 14.9. The van der Waals surface area contributed by atoms with Crippen LogP contribution in [-0.4, -0.2) is 29.9 Å². The van der Waals surface area contributed by atoms with Crippen LogP contribution in [0.25, 0.3) is 0 Å². The van der Waals surface area contributed by atoms with Crippen molar-refractivity contribution >= 4 is 0 Å². The maximum Gasteiger partial charge on any atom is 0.162 e. The Bertz CT molecular complexity index is 399. The second kappa shape index (κ2) is 6.11. The van der Waals surface area contributed by atoms with Gasteiger partial charge in [-0.2, -0.15) is 0 Å². The van der Waals surface area contributed by atoms with Gasteiger partial charge in [-0.15, -0.1) is 0 Å². The van der Waals surface area contributed by atoms with Gasteiger partial charge in [0, 0.05) is 12.1 Å². The molecule has 102 valence electrons. The number of halogens is 2. The molecule has 18 heavy (non-hydrogen) atoms. The van der Waals surface area contributed by atoms with Gasteiger partial charge in [0.2, 0.25) is 0 Å². The lowest BCUT2D eigenvalue weighted by Gasteiger charge is -2.30. The summed E-state index contributed by atoms with van der Waals surface area (Å²) in [5.74, 6) is -1.62. The van der Waals surface area contributed by atoms with Gasteiger partial charge in [-0.05, 0) is 19.1 Å². The van der Waals surface area contributed by atoms with Crippen molar-refractivity contribution in [2.75, 3.05) is 13.2 Å². The highest BCUT2D eigenvalue weighted by atomic mass is 19.2. The largest absolute Gasteiger partial charge is 0.491 e. The fourth-order valence-electron chi connectivity index (χ4n) is 1.64. The Morgan fingerprint density at radius 2 is 2.00 bits per heavy atom. The van der Waals surface area contributed by atoms with E-state index in [1.807, 2.05) is 13.8 Å². The average molecular weight is 259 g/mol. The molecule has 1 rings (SSSR count). The van der Waals surface area contributed by atoms with Crippen LogP contribution in [0.2, 0.25) is 0 Å². The third-order valence-electron chi connectivity index (χ3n) is 2.43. The third-order valence-corrected chi connectivity index (χ3v) is 2.43. The van der Waals surface area contributed by atoms with Crippen molar-refractivity contribution in [3.8, 4) is 5.75 Å². The Kier molecular flexibility index (Phi) is 5.04. The second-order valence-electron chi connectivity index (χ2n) is 4.88. The molecule has 1 atom stereocenters. The van der Waals surface area contributed by atoms with Crippen molar-refractivity contribution in [3.05, 3.63) is 29.8 Å². The zero-order valence-electron chi connectivity index (χ0n) is 10.8. The minimum Gasteiger partial charge on any atom is -0.491 e. The Labute approximate surface area is 106 Å². The maximum absolute atomic E-state index is 13.0. The quantitative estimate of drug-likeness (QED) is 0.822. The van der Waals surface area contributed by atoms with Gasteiger partial charge >= 0.3 is 0 Å². The van der Waals surface area contributed by atoms with Crippen molar-refractivity contribution < 1.29 is 18.6 Å². The topological polar surface area (TPSA) is 41.5 Å². The van der Waals surface area contributed by atoms with Crippen LogP contribution in [0.15, 0.2) is 18.2 Å². The van der Waals surface area contributed by atoms with E-state index in [1.165, 1.54) is 6.07 Å². The lowest BCUT2D eigenvalue weighted by Crippen LogP contribution is -2.53. The Morgan fingerprint density at radius 3 is 2.50 bits per heavy atom. The highest BCUT2D eigenvalue weighted by Crippen LogP contribution is 2.17. The van der Waals surface area contributed by atoms with Gasteiger partial charge < -0.3 is 15.2 Å². The Balaban J connectivity index is 2.64. The molecule has 0 fully saturated rings. The Hall–Kier alpha value is -1.20. The fraction of sp³-hybridized carbons (Fsp3) is 0.538. The summed E-state index contributed by atoms with van der Waals surface area (Å²) in [6, 6.07) is 3.53. The summed E-state index contributed by atoms with van der Waals surface area (Å²) >= 11 is 0. The number of hydrogen-bond donors (Lipinski definition) is 2. The minimum absolute atomic E-state index is 0.116. The third kappa shape index (κ3) is 4.23. The van der Waals surface area contributed by atoms with Gasteiger partial charge in [0.1, 0.15) is 12.4 Å². The van der Waals surface area contributed by atoms with E-state index in [-0.39, 0.29) is 25.0 Å². The molecular weight excluding hydrogens is 240 g/mol. The van der Waals surface area contributed by atoms with E-state index >= 15 is 0 Å². The molecular formula is C13H19F2NO2.